The Balaban J connectivity index is 2.34. The van der Waals surface area contributed by atoms with E-state index >= 15 is 0 Å². The maximum absolute atomic E-state index is 13.7. The molecule has 1 atom stereocenters. The predicted octanol–water partition coefficient (Wildman–Crippen LogP) is 4.07. The molecule has 0 aliphatic heterocycles. The van der Waals surface area contributed by atoms with Crippen LogP contribution in [0.2, 0.25) is 0 Å². The van der Waals surface area contributed by atoms with E-state index in [-0.39, 0.29) is 11.9 Å². The molecule has 0 saturated heterocycles. The largest absolute Gasteiger partial charge is 0.306 e. The maximum atomic E-state index is 13.7. The van der Waals surface area contributed by atoms with Crippen LogP contribution in [-0.4, -0.2) is 11.5 Å². The Morgan fingerprint density at radius 3 is 2.79 bits per heavy atom. The van der Waals surface area contributed by atoms with Gasteiger partial charge in [0.05, 0.1) is 10.5 Å². The van der Waals surface area contributed by atoms with Crippen molar-refractivity contribution in [1.82, 2.24) is 10.3 Å². The summed E-state index contributed by atoms with van der Waals surface area (Å²) < 4.78 is 14.2. The van der Waals surface area contributed by atoms with E-state index in [1.54, 1.807) is 18.3 Å². The first-order valence-corrected chi connectivity index (χ1v) is 7.10. The summed E-state index contributed by atoms with van der Waals surface area (Å²) in [5.74, 6) is -0.246. The molecular weight excluding hydrogens is 307 g/mol. The number of rotatable bonds is 5. The molecule has 1 aromatic heterocycles. The highest BCUT2D eigenvalue weighted by Gasteiger charge is 2.14. The van der Waals surface area contributed by atoms with Gasteiger partial charge >= 0.3 is 0 Å². The van der Waals surface area contributed by atoms with Gasteiger partial charge in [0.2, 0.25) is 0 Å². The molecule has 2 rings (SSSR count). The first-order chi connectivity index (χ1) is 9.22. The number of hydrogen-bond acceptors (Lipinski definition) is 2. The first-order valence-electron chi connectivity index (χ1n) is 6.30. The summed E-state index contributed by atoms with van der Waals surface area (Å²) in [6.07, 6.45) is 4.57. The summed E-state index contributed by atoms with van der Waals surface area (Å²) in [6.45, 7) is 2.98. The Morgan fingerprint density at radius 2 is 2.16 bits per heavy atom. The van der Waals surface area contributed by atoms with Crippen LogP contribution < -0.4 is 5.32 Å². The number of nitrogens with one attached hydrogen (secondary N) is 1. The third-order valence-electron chi connectivity index (χ3n) is 2.89. The third-order valence-corrected chi connectivity index (χ3v) is 3.54. The molecule has 0 bridgehead atoms. The SMILES string of the molecule is CCCNC(c1cccnc1)c1ccc(Br)c(F)c1. The van der Waals surface area contributed by atoms with E-state index in [4.69, 9.17) is 0 Å². The van der Waals surface area contributed by atoms with Gasteiger partial charge < -0.3 is 5.32 Å². The number of hydrogen-bond donors (Lipinski definition) is 1. The number of nitrogens with zero attached hydrogens (tertiary/aromatic N) is 1. The molecule has 0 saturated carbocycles. The van der Waals surface area contributed by atoms with Crippen LogP contribution in [0.1, 0.15) is 30.5 Å². The second kappa shape index (κ2) is 6.78. The quantitative estimate of drug-likeness (QED) is 0.897. The minimum absolute atomic E-state index is 0.0312. The molecule has 1 N–H and O–H groups in total. The zero-order valence-corrected chi connectivity index (χ0v) is 12.3. The fourth-order valence-electron chi connectivity index (χ4n) is 1.96. The van der Waals surface area contributed by atoms with Crippen molar-refractivity contribution in [1.29, 1.82) is 0 Å². The first kappa shape index (κ1) is 14.2. The van der Waals surface area contributed by atoms with E-state index in [0.29, 0.717) is 4.47 Å². The second-order valence-corrected chi connectivity index (χ2v) is 5.20. The Morgan fingerprint density at radius 1 is 1.32 bits per heavy atom. The van der Waals surface area contributed by atoms with Crippen molar-refractivity contribution in [3.63, 3.8) is 0 Å². The fraction of sp³-hybridized carbons (Fsp3) is 0.267. The van der Waals surface area contributed by atoms with Gasteiger partial charge in [0.25, 0.3) is 0 Å². The summed E-state index contributed by atoms with van der Waals surface area (Å²) in [4.78, 5) is 4.14. The lowest BCUT2D eigenvalue weighted by atomic mass is 10.00. The molecule has 0 aliphatic carbocycles. The van der Waals surface area contributed by atoms with Gasteiger partial charge in [0.1, 0.15) is 5.82 Å². The molecule has 0 aliphatic rings. The average molecular weight is 323 g/mol. The van der Waals surface area contributed by atoms with Gasteiger partial charge in [0.15, 0.2) is 0 Å². The van der Waals surface area contributed by atoms with Crippen molar-refractivity contribution in [2.75, 3.05) is 6.54 Å². The molecule has 0 radical (unpaired) electrons. The summed E-state index contributed by atoms with van der Waals surface area (Å²) >= 11 is 3.18. The molecule has 2 aromatic rings. The highest BCUT2D eigenvalue weighted by atomic mass is 79.9. The maximum Gasteiger partial charge on any atom is 0.137 e. The lowest BCUT2D eigenvalue weighted by Crippen LogP contribution is -2.23. The number of pyridine rings is 1. The van der Waals surface area contributed by atoms with Crippen LogP contribution in [-0.2, 0) is 0 Å². The van der Waals surface area contributed by atoms with Crippen LogP contribution >= 0.6 is 15.9 Å². The number of benzene rings is 1. The van der Waals surface area contributed by atoms with E-state index in [1.807, 2.05) is 24.4 Å². The van der Waals surface area contributed by atoms with Gasteiger partial charge in [-0.1, -0.05) is 19.1 Å². The minimum Gasteiger partial charge on any atom is -0.306 e. The standard InChI is InChI=1S/C15H16BrFN2/c1-2-7-19-15(12-4-3-8-18-10-12)11-5-6-13(16)14(17)9-11/h3-6,8-10,15,19H,2,7H2,1H3. The molecule has 1 unspecified atom stereocenters. The van der Waals surface area contributed by atoms with Crippen molar-refractivity contribution in [2.45, 2.75) is 19.4 Å². The lowest BCUT2D eigenvalue weighted by molar-refractivity contribution is 0.582. The van der Waals surface area contributed by atoms with Crippen LogP contribution in [0, 0.1) is 5.82 Å². The molecule has 1 aromatic carbocycles. The second-order valence-electron chi connectivity index (χ2n) is 4.35. The monoisotopic (exact) mass is 322 g/mol. The Labute approximate surface area is 121 Å². The summed E-state index contributed by atoms with van der Waals surface area (Å²) in [6, 6.07) is 9.08. The van der Waals surface area contributed by atoms with E-state index in [2.05, 4.69) is 33.2 Å². The topological polar surface area (TPSA) is 24.9 Å². The van der Waals surface area contributed by atoms with Gasteiger partial charge in [-0.25, -0.2) is 4.39 Å². The summed E-state index contributed by atoms with van der Waals surface area (Å²) in [7, 11) is 0. The normalized spacial score (nSPS) is 12.4. The third kappa shape index (κ3) is 3.61. The fourth-order valence-corrected chi connectivity index (χ4v) is 2.20. The summed E-state index contributed by atoms with van der Waals surface area (Å²) in [5, 5.41) is 3.43. The molecule has 0 amide bonds. The molecule has 2 nitrogen and oxygen atoms in total. The Bertz CT molecular complexity index is 531. The zero-order chi connectivity index (χ0) is 13.7. The Kier molecular flexibility index (Phi) is 5.05. The van der Waals surface area contributed by atoms with Crippen molar-refractivity contribution >= 4 is 15.9 Å². The molecule has 100 valence electrons. The number of aromatic nitrogens is 1. The molecular formula is C15H16BrFN2. The van der Waals surface area contributed by atoms with E-state index in [9.17, 15) is 4.39 Å². The van der Waals surface area contributed by atoms with Crippen LogP contribution in [0.5, 0.6) is 0 Å². The predicted molar refractivity (Wildman–Crippen MR) is 78.5 cm³/mol. The van der Waals surface area contributed by atoms with Gasteiger partial charge in [-0.15, -0.1) is 0 Å². The van der Waals surface area contributed by atoms with Crippen molar-refractivity contribution < 1.29 is 4.39 Å². The smallest absolute Gasteiger partial charge is 0.137 e. The minimum atomic E-state index is -0.246. The molecule has 4 heteroatoms. The lowest BCUT2D eigenvalue weighted by Gasteiger charge is -2.19. The van der Waals surface area contributed by atoms with Crippen LogP contribution in [0.4, 0.5) is 4.39 Å². The Hall–Kier alpha value is -1.26. The average Bonchev–Trinajstić information content (AvgIpc) is 2.44. The van der Waals surface area contributed by atoms with Crippen LogP contribution in [0.15, 0.2) is 47.2 Å². The van der Waals surface area contributed by atoms with Crippen LogP contribution in [0.25, 0.3) is 0 Å². The van der Waals surface area contributed by atoms with Crippen molar-refractivity contribution in [3.8, 4) is 0 Å². The van der Waals surface area contributed by atoms with Gasteiger partial charge in [-0.05, 0) is 58.2 Å². The zero-order valence-electron chi connectivity index (χ0n) is 10.7. The van der Waals surface area contributed by atoms with Crippen LogP contribution in [0.3, 0.4) is 0 Å². The molecule has 0 fully saturated rings. The highest BCUT2D eigenvalue weighted by molar-refractivity contribution is 9.10. The van der Waals surface area contributed by atoms with Gasteiger partial charge in [-0.3, -0.25) is 4.98 Å². The van der Waals surface area contributed by atoms with E-state index in [0.717, 1.165) is 24.1 Å². The van der Waals surface area contributed by atoms with Crippen molar-refractivity contribution in [3.05, 3.63) is 64.1 Å². The van der Waals surface area contributed by atoms with E-state index in [1.165, 1.54) is 0 Å². The molecule has 0 spiro atoms. The van der Waals surface area contributed by atoms with Gasteiger partial charge in [0, 0.05) is 12.4 Å². The summed E-state index contributed by atoms with van der Waals surface area (Å²) in [5.41, 5.74) is 1.94. The molecule has 19 heavy (non-hydrogen) atoms. The number of halogens is 2. The van der Waals surface area contributed by atoms with E-state index < -0.39 is 0 Å². The van der Waals surface area contributed by atoms with Crippen molar-refractivity contribution in [2.24, 2.45) is 0 Å². The van der Waals surface area contributed by atoms with Gasteiger partial charge in [-0.2, -0.15) is 0 Å². The molecule has 1 heterocycles. The highest BCUT2D eigenvalue weighted by Crippen LogP contribution is 2.25.